The van der Waals surface area contributed by atoms with E-state index in [-0.39, 0.29) is 30.2 Å². The van der Waals surface area contributed by atoms with Crippen LogP contribution in [0.4, 0.5) is 20.4 Å². The van der Waals surface area contributed by atoms with Crippen LogP contribution in [0.25, 0.3) is 0 Å². The van der Waals surface area contributed by atoms with Gasteiger partial charge in [-0.2, -0.15) is 0 Å². The molecular formula is C20H24F2N4O4. The van der Waals surface area contributed by atoms with Crippen LogP contribution in [0.15, 0.2) is 16.9 Å². The van der Waals surface area contributed by atoms with Crippen molar-refractivity contribution >= 4 is 11.6 Å². The Balaban J connectivity index is 1.45. The van der Waals surface area contributed by atoms with Gasteiger partial charge in [-0.1, -0.05) is 0 Å². The molecule has 8 nitrogen and oxygen atoms in total. The monoisotopic (exact) mass is 422 g/mol. The van der Waals surface area contributed by atoms with E-state index < -0.39 is 11.6 Å². The number of ether oxygens (including phenoxy) is 3. The molecule has 1 N–H and O–H groups in total. The largest absolute Gasteiger partial charge is 0.491 e. The molecule has 3 heterocycles. The van der Waals surface area contributed by atoms with Crippen molar-refractivity contribution in [2.24, 2.45) is 0 Å². The SMILES string of the molecule is COCCOc1cc(F)c(N2CCN(c3nc4c(c(=O)[nH]3)COCC4)CC2)c(F)c1. The van der Waals surface area contributed by atoms with E-state index in [4.69, 9.17) is 14.2 Å². The third-order valence-electron chi connectivity index (χ3n) is 5.26. The van der Waals surface area contributed by atoms with Crippen LogP contribution in [-0.2, 0) is 22.5 Å². The predicted octanol–water partition coefficient (Wildman–Crippen LogP) is 1.47. The average Bonchev–Trinajstić information content (AvgIpc) is 2.74. The number of anilines is 2. The molecule has 0 amide bonds. The Kier molecular flexibility index (Phi) is 6.14. The van der Waals surface area contributed by atoms with Crippen molar-refractivity contribution in [1.29, 1.82) is 0 Å². The van der Waals surface area contributed by atoms with Crippen LogP contribution in [0.2, 0.25) is 0 Å². The first-order valence-corrected chi connectivity index (χ1v) is 9.87. The Morgan fingerprint density at radius 1 is 1.13 bits per heavy atom. The summed E-state index contributed by atoms with van der Waals surface area (Å²) in [5.41, 5.74) is 1.06. The van der Waals surface area contributed by atoms with Crippen molar-refractivity contribution in [2.75, 3.05) is 62.9 Å². The highest BCUT2D eigenvalue weighted by Gasteiger charge is 2.25. The number of fused-ring (bicyclic) bond motifs is 1. The number of nitrogens with one attached hydrogen (secondary N) is 1. The zero-order valence-electron chi connectivity index (χ0n) is 16.7. The minimum atomic E-state index is -0.670. The van der Waals surface area contributed by atoms with Gasteiger partial charge in [0.25, 0.3) is 5.56 Å². The molecule has 0 saturated carbocycles. The van der Waals surface area contributed by atoms with Crippen molar-refractivity contribution in [3.63, 3.8) is 0 Å². The maximum absolute atomic E-state index is 14.6. The van der Waals surface area contributed by atoms with Crippen LogP contribution >= 0.6 is 0 Å². The molecular weight excluding hydrogens is 398 g/mol. The minimum absolute atomic E-state index is 0.0715. The van der Waals surface area contributed by atoms with E-state index in [0.717, 1.165) is 5.69 Å². The van der Waals surface area contributed by atoms with E-state index in [9.17, 15) is 13.6 Å². The second-order valence-electron chi connectivity index (χ2n) is 7.17. The van der Waals surface area contributed by atoms with E-state index in [1.54, 1.807) is 4.90 Å². The molecule has 0 atom stereocenters. The molecule has 4 rings (SSSR count). The zero-order chi connectivity index (χ0) is 21.1. The predicted molar refractivity (Wildman–Crippen MR) is 106 cm³/mol. The van der Waals surface area contributed by atoms with Gasteiger partial charge in [-0.25, -0.2) is 13.8 Å². The molecule has 162 valence electrons. The molecule has 10 heteroatoms. The van der Waals surface area contributed by atoms with Gasteiger partial charge in [0.15, 0.2) is 11.6 Å². The van der Waals surface area contributed by atoms with E-state index >= 15 is 0 Å². The summed E-state index contributed by atoms with van der Waals surface area (Å²) in [7, 11) is 1.52. The van der Waals surface area contributed by atoms with Gasteiger partial charge in [-0.15, -0.1) is 0 Å². The first kappa shape index (κ1) is 20.5. The van der Waals surface area contributed by atoms with Crippen LogP contribution < -0.4 is 20.1 Å². The smallest absolute Gasteiger partial charge is 0.258 e. The molecule has 30 heavy (non-hydrogen) atoms. The molecule has 0 radical (unpaired) electrons. The molecule has 1 aromatic carbocycles. The summed E-state index contributed by atoms with van der Waals surface area (Å²) in [5, 5.41) is 0. The average molecular weight is 422 g/mol. The number of aromatic amines is 1. The first-order chi connectivity index (χ1) is 14.6. The number of hydrogen-bond acceptors (Lipinski definition) is 7. The Morgan fingerprint density at radius 2 is 1.83 bits per heavy atom. The highest BCUT2D eigenvalue weighted by atomic mass is 19.1. The van der Waals surface area contributed by atoms with Gasteiger partial charge in [-0.3, -0.25) is 9.78 Å². The Bertz CT molecular complexity index is 937. The van der Waals surface area contributed by atoms with E-state index in [2.05, 4.69) is 9.97 Å². The fraction of sp³-hybridized carbons (Fsp3) is 0.500. The van der Waals surface area contributed by atoms with Crippen LogP contribution in [0.3, 0.4) is 0 Å². The summed E-state index contributed by atoms with van der Waals surface area (Å²) < 4.78 is 44.7. The third kappa shape index (κ3) is 4.24. The van der Waals surface area contributed by atoms with Gasteiger partial charge in [0.2, 0.25) is 5.95 Å². The maximum Gasteiger partial charge on any atom is 0.258 e. The summed E-state index contributed by atoms with van der Waals surface area (Å²) in [4.78, 5) is 23.3. The number of hydrogen-bond donors (Lipinski definition) is 1. The number of methoxy groups -OCH3 is 1. The van der Waals surface area contributed by atoms with E-state index in [1.807, 2.05) is 4.90 Å². The second kappa shape index (κ2) is 8.97. The van der Waals surface area contributed by atoms with Gasteiger partial charge in [0, 0.05) is 51.8 Å². The number of nitrogens with zero attached hydrogens (tertiary/aromatic N) is 3. The molecule has 2 aliphatic heterocycles. The fourth-order valence-electron chi connectivity index (χ4n) is 3.69. The molecule has 0 aliphatic carbocycles. The Labute approximate surface area is 172 Å². The number of piperazine rings is 1. The second-order valence-corrected chi connectivity index (χ2v) is 7.17. The minimum Gasteiger partial charge on any atom is -0.491 e. The van der Waals surface area contributed by atoms with Crippen LogP contribution in [0.5, 0.6) is 5.75 Å². The van der Waals surface area contributed by atoms with Gasteiger partial charge >= 0.3 is 0 Å². The number of benzene rings is 1. The highest BCUT2D eigenvalue weighted by Crippen LogP contribution is 2.29. The zero-order valence-corrected chi connectivity index (χ0v) is 16.7. The van der Waals surface area contributed by atoms with E-state index in [1.165, 1.54) is 19.2 Å². The molecule has 1 aromatic heterocycles. The lowest BCUT2D eigenvalue weighted by atomic mass is 10.1. The van der Waals surface area contributed by atoms with Crippen molar-refractivity contribution in [2.45, 2.75) is 13.0 Å². The Hall–Kier alpha value is -2.72. The molecule has 0 bridgehead atoms. The van der Waals surface area contributed by atoms with Crippen molar-refractivity contribution in [3.8, 4) is 5.75 Å². The molecule has 1 fully saturated rings. The first-order valence-electron chi connectivity index (χ1n) is 9.87. The lowest BCUT2D eigenvalue weighted by Crippen LogP contribution is -2.48. The van der Waals surface area contributed by atoms with Crippen molar-refractivity contribution < 1.29 is 23.0 Å². The lowest BCUT2D eigenvalue weighted by molar-refractivity contribution is 0.108. The molecule has 2 aromatic rings. The van der Waals surface area contributed by atoms with Gasteiger partial charge in [0.1, 0.15) is 18.0 Å². The number of halogens is 2. The normalized spacial score (nSPS) is 16.5. The summed E-state index contributed by atoms with van der Waals surface area (Å²) in [6.07, 6.45) is 0.599. The summed E-state index contributed by atoms with van der Waals surface area (Å²) in [6, 6.07) is 2.37. The van der Waals surface area contributed by atoms with Gasteiger partial charge < -0.3 is 24.0 Å². The van der Waals surface area contributed by atoms with Crippen LogP contribution in [-0.4, -0.2) is 63.1 Å². The maximum atomic E-state index is 14.6. The fourth-order valence-corrected chi connectivity index (χ4v) is 3.69. The molecule has 0 unspecified atom stereocenters. The summed E-state index contributed by atoms with van der Waals surface area (Å²) >= 11 is 0. The van der Waals surface area contributed by atoms with E-state index in [0.29, 0.717) is 57.3 Å². The summed E-state index contributed by atoms with van der Waals surface area (Å²) in [6.45, 7) is 3.09. The third-order valence-corrected chi connectivity index (χ3v) is 5.26. The summed E-state index contributed by atoms with van der Waals surface area (Å²) in [5.74, 6) is -0.722. The molecule has 2 aliphatic rings. The number of H-pyrrole nitrogens is 1. The molecule has 1 saturated heterocycles. The number of aromatic nitrogens is 2. The van der Waals surface area contributed by atoms with Crippen LogP contribution in [0.1, 0.15) is 11.3 Å². The van der Waals surface area contributed by atoms with Gasteiger partial charge in [-0.05, 0) is 0 Å². The standard InChI is InChI=1S/C20H24F2N4O4/c1-28-8-9-30-13-10-15(21)18(16(22)11-13)25-3-5-26(6-4-25)20-23-17-2-7-29-12-14(17)19(27)24-20/h10-11H,2-9,12H2,1H3,(H,23,24,27). The lowest BCUT2D eigenvalue weighted by Gasteiger charge is -2.36. The highest BCUT2D eigenvalue weighted by molar-refractivity contribution is 5.53. The van der Waals surface area contributed by atoms with Crippen molar-refractivity contribution in [3.05, 3.63) is 45.4 Å². The van der Waals surface area contributed by atoms with Crippen molar-refractivity contribution in [1.82, 2.24) is 9.97 Å². The van der Waals surface area contributed by atoms with Gasteiger partial charge in [0.05, 0.1) is 31.1 Å². The molecule has 0 spiro atoms. The van der Waals surface area contributed by atoms with Crippen LogP contribution in [0, 0.1) is 11.6 Å². The topological polar surface area (TPSA) is 79.9 Å². The quantitative estimate of drug-likeness (QED) is 0.707. The Morgan fingerprint density at radius 3 is 2.53 bits per heavy atom. The number of rotatable bonds is 6.